The third-order valence-corrected chi connectivity index (χ3v) is 6.30. The van der Waals surface area contributed by atoms with Crippen LogP contribution in [0.4, 0.5) is 4.39 Å². The third kappa shape index (κ3) is 8.10. The van der Waals surface area contributed by atoms with Crippen molar-refractivity contribution >= 4 is 11.7 Å². The normalized spacial score (nSPS) is 20.5. The molecule has 1 saturated carbocycles. The van der Waals surface area contributed by atoms with Crippen molar-refractivity contribution in [1.82, 2.24) is 10.6 Å². The molecule has 1 atom stereocenters. The van der Waals surface area contributed by atoms with E-state index in [2.05, 4.69) is 15.6 Å². The maximum Gasteiger partial charge on any atom is 0.348 e. The molecule has 1 fully saturated rings. The number of nitrogens with one attached hydrogen (secondary N) is 2. The average molecular weight is 483 g/mol. The van der Waals surface area contributed by atoms with Gasteiger partial charge in [0, 0.05) is 31.9 Å². The van der Waals surface area contributed by atoms with E-state index in [-0.39, 0.29) is 18.0 Å². The SMILES string of the molecule is CCOC(=O)C(C#N)=CC1=NC=CC1(CCOCCNCc1ccc(F)cc1)NC1CCCCC1. The Labute approximate surface area is 207 Å². The van der Waals surface area contributed by atoms with Crippen LogP contribution in [0.15, 0.2) is 53.2 Å². The summed E-state index contributed by atoms with van der Waals surface area (Å²) in [7, 11) is 0. The summed E-state index contributed by atoms with van der Waals surface area (Å²) in [6.07, 6.45) is 11.7. The Bertz CT molecular complexity index is 962. The van der Waals surface area contributed by atoms with Crippen LogP contribution in [-0.4, -0.2) is 49.6 Å². The maximum atomic E-state index is 13.0. The van der Waals surface area contributed by atoms with Crippen LogP contribution in [0.3, 0.4) is 0 Å². The van der Waals surface area contributed by atoms with E-state index in [9.17, 15) is 14.4 Å². The number of hydrogen-bond donors (Lipinski definition) is 2. The maximum absolute atomic E-state index is 13.0. The van der Waals surface area contributed by atoms with Crippen molar-refractivity contribution in [3.05, 3.63) is 59.6 Å². The minimum atomic E-state index is -0.639. The number of hydrogen-bond acceptors (Lipinski definition) is 7. The van der Waals surface area contributed by atoms with E-state index in [4.69, 9.17) is 9.47 Å². The zero-order chi connectivity index (χ0) is 24.9. The first-order valence-corrected chi connectivity index (χ1v) is 12.4. The molecule has 1 unspecified atom stereocenters. The molecule has 35 heavy (non-hydrogen) atoms. The van der Waals surface area contributed by atoms with Gasteiger partial charge in [0.25, 0.3) is 0 Å². The molecule has 1 aromatic rings. The second-order valence-electron chi connectivity index (χ2n) is 8.84. The average Bonchev–Trinajstić information content (AvgIpc) is 3.25. The van der Waals surface area contributed by atoms with Crippen molar-refractivity contribution < 1.29 is 18.7 Å². The van der Waals surface area contributed by atoms with Gasteiger partial charge in [-0.25, -0.2) is 9.18 Å². The predicted octanol–water partition coefficient (Wildman–Crippen LogP) is 3.96. The molecular formula is C27H35FN4O3. The number of benzene rings is 1. The van der Waals surface area contributed by atoms with Gasteiger partial charge in [-0.2, -0.15) is 5.26 Å². The van der Waals surface area contributed by atoms with E-state index < -0.39 is 11.5 Å². The van der Waals surface area contributed by atoms with Crippen molar-refractivity contribution in [2.45, 2.75) is 63.6 Å². The van der Waals surface area contributed by atoms with E-state index >= 15 is 0 Å². The van der Waals surface area contributed by atoms with Crippen LogP contribution in [0, 0.1) is 17.1 Å². The Morgan fingerprint density at radius 2 is 2.03 bits per heavy atom. The summed E-state index contributed by atoms with van der Waals surface area (Å²) in [4.78, 5) is 16.7. The highest BCUT2D eigenvalue weighted by atomic mass is 19.1. The molecule has 2 N–H and O–H groups in total. The van der Waals surface area contributed by atoms with Crippen molar-refractivity contribution in [2.24, 2.45) is 4.99 Å². The summed E-state index contributed by atoms with van der Waals surface area (Å²) in [5.41, 5.74) is 0.986. The largest absolute Gasteiger partial charge is 0.462 e. The number of halogens is 1. The van der Waals surface area contributed by atoms with E-state index in [1.54, 1.807) is 25.3 Å². The standard InChI is InChI=1S/C27H35FN4O3/c1-2-35-26(33)22(19-29)18-25-27(12-14-31-25,32-24-6-4-3-5-7-24)13-16-34-17-15-30-20-21-8-10-23(28)11-9-21/h8-12,14,18,24,30,32H,2-7,13,15-17,20H2,1H3. The van der Waals surface area contributed by atoms with Crippen LogP contribution in [0.1, 0.15) is 51.0 Å². The van der Waals surface area contributed by atoms with Gasteiger partial charge in [-0.15, -0.1) is 0 Å². The number of nitrogens with zero attached hydrogens (tertiary/aromatic N) is 2. The van der Waals surface area contributed by atoms with Crippen LogP contribution in [0.25, 0.3) is 0 Å². The first kappa shape index (κ1) is 26.7. The number of esters is 1. The minimum absolute atomic E-state index is 0.0602. The highest BCUT2D eigenvalue weighted by Crippen LogP contribution is 2.27. The summed E-state index contributed by atoms with van der Waals surface area (Å²) < 4.78 is 23.9. The van der Waals surface area contributed by atoms with Gasteiger partial charge in [0.1, 0.15) is 17.5 Å². The lowest BCUT2D eigenvalue weighted by Gasteiger charge is -2.36. The number of aliphatic imine (C=N–C) groups is 1. The molecule has 7 nitrogen and oxygen atoms in total. The van der Waals surface area contributed by atoms with Crippen LogP contribution >= 0.6 is 0 Å². The van der Waals surface area contributed by atoms with Gasteiger partial charge in [-0.1, -0.05) is 31.4 Å². The Hall–Kier alpha value is -2.86. The van der Waals surface area contributed by atoms with Crippen molar-refractivity contribution in [2.75, 3.05) is 26.4 Å². The lowest BCUT2D eigenvalue weighted by molar-refractivity contribution is -0.138. The number of nitriles is 1. The topological polar surface area (TPSA) is 95.7 Å². The van der Waals surface area contributed by atoms with Gasteiger partial charge in [0.05, 0.1) is 24.5 Å². The number of carbonyl (C=O) groups excluding carboxylic acids is 1. The zero-order valence-electron chi connectivity index (χ0n) is 20.4. The number of ether oxygens (including phenoxy) is 2. The second-order valence-corrected chi connectivity index (χ2v) is 8.84. The lowest BCUT2D eigenvalue weighted by atomic mass is 9.85. The first-order chi connectivity index (χ1) is 17.1. The summed E-state index contributed by atoms with van der Waals surface area (Å²) in [5, 5.41) is 16.6. The smallest absolute Gasteiger partial charge is 0.348 e. The molecule has 3 rings (SSSR count). The fraction of sp³-hybridized carbons (Fsp3) is 0.519. The van der Waals surface area contributed by atoms with Gasteiger partial charge in [-0.05, 0) is 56.0 Å². The summed E-state index contributed by atoms with van der Waals surface area (Å²) in [6, 6.07) is 8.72. The molecule has 1 aliphatic heterocycles. The van der Waals surface area contributed by atoms with Gasteiger partial charge in [0.2, 0.25) is 0 Å². The molecule has 1 heterocycles. The molecule has 0 aromatic heterocycles. The minimum Gasteiger partial charge on any atom is -0.462 e. The summed E-state index contributed by atoms with van der Waals surface area (Å²) in [5.74, 6) is -0.879. The fourth-order valence-corrected chi connectivity index (χ4v) is 4.43. The number of rotatable bonds is 13. The Kier molecular flexibility index (Phi) is 10.6. The molecule has 0 amide bonds. The third-order valence-electron chi connectivity index (χ3n) is 6.30. The van der Waals surface area contributed by atoms with Crippen LogP contribution in [-0.2, 0) is 20.8 Å². The molecular weight excluding hydrogens is 447 g/mol. The van der Waals surface area contributed by atoms with Crippen LogP contribution in [0.5, 0.6) is 0 Å². The molecule has 8 heteroatoms. The Balaban J connectivity index is 1.57. The van der Waals surface area contributed by atoms with Crippen molar-refractivity contribution in [1.29, 1.82) is 5.26 Å². The molecule has 1 aromatic carbocycles. The summed E-state index contributed by atoms with van der Waals surface area (Å²) >= 11 is 0. The predicted molar refractivity (Wildman–Crippen MR) is 133 cm³/mol. The van der Waals surface area contributed by atoms with Crippen molar-refractivity contribution in [3.8, 4) is 6.07 Å². The van der Waals surface area contributed by atoms with Gasteiger partial charge < -0.3 is 14.8 Å². The Morgan fingerprint density at radius 1 is 1.26 bits per heavy atom. The molecule has 0 spiro atoms. The summed E-state index contributed by atoms with van der Waals surface area (Å²) in [6.45, 7) is 4.24. The molecule has 0 bridgehead atoms. The number of carbonyl (C=O) groups is 1. The van der Waals surface area contributed by atoms with Gasteiger partial charge >= 0.3 is 5.97 Å². The van der Waals surface area contributed by atoms with E-state index in [1.807, 2.05) is 12.1 Å². The van der Waals surface area contributed by atoms with E-state index in [0.29, 0.717) is 44.5 Å². The highest BCUT2D eigenvalue weighted by Gasteiger charge is 2.37. The Morgan fingerprint density at radius 3 is 2.74 bits per heavy atom. The lowest BCUT2D eigenvalue weighted by Crippen LogP contribution is -2.54. The van der Waals surface area contributed by atoms with Crippen LogP contribution < -0.4 is 10.6 Å². The molecule has 188 valence electrons. The first-order valence-electron chi connectivity index (χ1n) is 12.4. The fourth-order valence-electron chi connectivity index (χ4n) is 4.43. The van der Waals surface area contributed by atoms with E-state index in [1.165, 1.54) is 37.5 Å². The van der Waals surface area contributed by atoms with Crippen molar-refractivity contribution in [3.63, 3.8) is 0 Å². The van der Waals surface area contributed by atoms with Gasteiger partial charge in [0.15, 0.2) is 0 Å². The second kappa shape index (κ2) is 13.9. The molecule has 0 radical (unpaired) electrons. The zero-order valence-corrected chi connectivity index (χ0v) is 20.4. The molecule has 2 aliphatic rings. The highest BCUT2D eigenvalue weighted by molar-refractivity contribution is 6.11. The quantitative estimate of drug-likeness (QED) is 0.191. The van der Waals surface area contributed by atoms with Crippen LogP contribution in [0.2, 0.25) is 0 Å². The van der Waals surface area contributed by atoms with E-state index in [0.717, 1.165) is 18.4 Å². The van der Waals surface area contributed by atoms with Gasteiger partial charge in [-0.3, -0.25) is 10.3 Å². The molecule has 0 saturated heterocycles. The monoisotopic (exact) mass is 482 g/mol. The molecule has 1 aliphatic carbocycles.